The molecule has 0 N–H and O–H groups in total. The first-order chi connectivity index (χ1) is 15.8. The van der Waals surface area contributed by atoms with Crippen molar-refractivity contribution in [3.63, 3.8) is 0 Å². The van der Waals surface area contributed by atoms with Crippen LogP contribution in [-0.2, 0) is 5.54 Å². The van der Waals surface area contributed by atoms with Crippen molar-refractivity contribution in [1.82, 2.24) is 24.6 Å². The quantitative estimate of drug-likeness (QED) is 0.614. The molecule has 0 aromatic carbocycles. The van der Waals surface area contributed by atoms with Crippen LogP contribution in [0.2, 0.25) is 0 Å². The maximum atomic E-state index is 13.8. The number of aromatic nitrogens is 4. The zero-order valence-electron chi connectivity index (χ0n) is 19.7. The molecule has 4 heterocycles. The van der Waals surface area contributed by atoms with E-state index in [9.17, 15) is 10.1 Å². The van der Waals surface area contributed by atoms with Crippen molar-refractivity contribution in [2.45, 2.75) is 52.0 Å². The van der Waals surface area contributed by atoms with Crippen molar-refractivity contribution in [2.24, 2.45) is 0 Å². The fraction of sp³-hybridized carbons (Fsp3) is 0.480. The molecule has 0 bridgehead atoms. The Labute approximate surface area is 193 Å². The van der Waals surface area contributed by atoms with Crippen LogP contribution in [-0.4, -0.2) is 56.7 Å². The summed E-state index contributed by atoms with van der Waals surface area (Å²) >= 11 is 0. The minimum Gasteiger partial charge on any atom is -0.352 e. The second-order valence-corrected chi connectivity index (χ2v) is 10.0. The molecule has 3 aromatic heterocycles. The van der Waals surface area contributed by atoms with Gasteiger partial charge in [-0.2, -0.15) is 10.4 Å². The van der Waals surface area contributed by atoms with Crippen LogP contribution < -0.4 is 4.90 Å². The van der Waals surface area contributed by atoms with Crippen molar-refractivity contribution in [3.05, 3.63) is 46.9 Å². The second-order valence-electron chi connectivity index (χ2n) is 10.0. The molecule has 0 radical (unpaired) electrons. The second kappa shape index (κ2) is 7.84. The summed E-state index contributed by atoms with van der Waals surface area (Å²) in [5, 5.41) is 15.0. The van der Waals surface area contributed by atoms with Gasteiger partial charge in [0.25, 0.3) is 5.91 Å². The zero-order chi connectivity index (χ0) is 23.3. The Bertz CT molecular complexity index is 1270. The number of nitriles is 1. The van der Waals surface area contributed by atoms with Crippen molar-refractivity contribution in [3.8, 4) is 6.07 Å². The van der Waals surface area contributed by atoms with Crippen LogP contribution in [0.25, 0.3) is 11.0 Å². The van der Waals surface area contributed by atoms with Crippen molar-refractivity contribution < 1.29 is 4.79 Å². The van der Waals surface area contributed by atoms with Crippen molar-refractivity contribution in [1.29, 1.82) is 5.26 Å². The number of anilines is 1. The molecule has 1 amide bonds. The fourth-order valence-corrected chi connectivity index (χ4v) is 4.56. The fourth-order valence-electron chi connectivity index (χ4n) is 4.56. The van der Waals surface area contributed by atoms with Crippen LogP contribution >= 0.6 is 0 Å². The Morgan fingerprint density at radius 1 is 1.18 bits per heavy atom. The molecule has 170 valence electrons. The first-order valence-corrected chi connectivity index (χ1v) is 11.6. The molecule has 8 heteroatoms. The van der Waals surface area contributed by atoms with Gasteiger partial charge in [0, 0.05) is 44.0 Å². The highest BCUT2D eigenvalue weighted by atomic mass is 16.2. The largest absolute Gasteiger partial charge is 0.352 e. The summed E-state index contributed by atoms with van der Waals surface area (Å²) in [6.45, 7) is 10.7. The van der Waals surface area contributed by atoms with Gasteiger partial charge < -0.3 is 9.80 Å². The highest BCUT2D eigenvalue weighted by Gasteiger charge is 2.32. The van der Waals surface area contributed by atoms with Crippen LogP contribution in [0.3, 0.4) is 0 Å². The topological polar surface area (TPSA) is 90.9 Å². The van der Waals surface area contributed by atoms with Gasteiger partial charge in [0.15, 0.2) is 5.65 Å². The minimum absolute atomic E-state index is 0.0297. The molecule has 2 fully saturated rings. The zero-order valence-corrected chi connectivity index (χ0v) is 19.7. The van der Waals surface area contributed by atoms with E-state index in [2.05, 4.69) is 36.7 Å². The average molecular weight is 444 g/mol. The van der Waals surface area contributed by atoms with E-state index in [-0.39, 0.29) is 11.4 Å². The summed E-state index contributed by atoms with van der Waals surface area (Å²) < 4.78 is 1.96. The molecule has 1 aliphatic heterocycles. The van der Waals surface area contributed by atoms with Gasteiger partial charge in [-0.3, -0.25) is 4.79 Å². The van der Waals surface area contributed by atoms with Gasteiger partial charge in [-0.1, -0.05) is 0 Å². The molecule has 0 atom stereocenters. The van der Waals surface area contributed by atoms with E-state index >= 15 is 0 Å². The highest BCUT2D eigenvalue weighted by Crippen LogP contribution is 2.41. The standard InChI is InChI=1S/C25H29N7O/c1-16-21-19(14-20(17-7-8-17)28-23(21)32(29-16)25(2,3)4)24(33)31-12-10-30(11-13-31)22-18(15-26)6-5-9-27-22/h5-6,9,14,17H,7-8,10-13H2,1-4H3. The number of fused-ring (bicyclic) bond motifs is 1. The third-order valence-corrected chi connectivity index (χ3v) is 6.47. The number of nitrogens with zero attached hydrogens (tertiary/aromatic N) is 7. The van der Waals surface area contributed by atoms with Crippen molar-refractivity contribution in [2.75, 3.05) is 31.1 Å². The van der Waals surface area contributed by atoms with Crippen LogP contribution in [0.4, 0.5) is 5.82 Å². The summed E-state index contributed by atoms with van der Waals surface area (Å²) in [4.78, 5) is 27.1. The highest BCUT2D eigenvalue weighted by molar-refractivity contribution is 6.06. The molecule has 1 aliphatic carbocycles. The lowest BCUT2D eigenvalue weighted by molar-refractivity contribution is 0.0748. The maximum absolute atomic E-state index is 13.8. The van der Waals surface area contributed by atoms with Gasteiger partial charge in [0.05, 0.1) is 27.7 Å². The number of hydrogen-bond donors (Lipinski definition) is 0. The molecule has 1 saturated carbocycles. The predicted octanol–water partition coefficient (Wildman–Crippen LogP) is 3.60. The lowest BCUT2D eigenvalue weighted by Crippen LogP contribution is -2.49. The third kappa shape index (κ3) is 3.82. The smallest absolute Gasteiger partial charge is 0.254 e. The van der Waals surface area contributed by atoms with Gasteiger partial charge in [-0.15, -0.1) is 0 Å². The van der Waals surface area contributed by atoms with Gasteiger partial charge in [0.1, 0.15) is 11.9 Å². The average Bonchev–Trinajstić information content (AvgIpc) is 3.61. The Hall–Kier alpha value is -3.47. The molecule has 1 saturated heterocycles. The van der Waals surface area contributed by atoms with Crippen LogP contribution in [0.5, 0.6) is 0 Å². The maximum Gasteiger partial charge on any atom is 0.254 e. The third-order valence-electron chi connectivity index (χ3n) is 6.47. The van der Waals surface area contributed by atoms with E-state index in [0.29, 0.717) is 49.0 Å². The van der Waals surface area contributed by atoms with E-state index in [1.807, 2.05) is 22.6 Å². The van der Waals surface area contributed by atoms with Gasteiger partial charge >= 0.3 is 0 Å². The SMILES string of the molecule is Cc1nn(C(C)(C)C)c2nc(C3CC3)cc(C(=O)N3CCN(c4ncccc4C#N)CC3)c12. The van der Waals surface area contributed by atoms with E-state index < -0.39 is 0 Å². The molecule has 3 aromatic rings. The number of pyridine rings is 2. The number of hydrogen-bond acceptors (Lipinski definition) is 6. The van der Waals surface area contributed by atoms with E-state index in [0.717, 1.165) is 35.3 Å². The Morgan fingerprint density at radius 2 is 1.91 bits per heavy atom. The number of carbonyl (C=O) groups excluding carboxylic acids is 1. The summed E-state index contributed by atoms with van der Waals surface area (Å²) in [5.41, 5.74) is 3.69. The van der Waals surface area contributed by atoms with E-state index in [1.54, 1.807) is 18.3 Å². The molecule has 2 aliphatic rings. The van der Waals surface area contributed by atoms with Crippen LogP contribution in [0.15, 0.2) is 24.4 Å². The first-order valence-electron chi connectivity index (χ1n) is 11.6. The molecule has 0 unspecified atom stereocenters. The van der Waals surface area contributed by atoms with Gasteiger partial charge in [-0.05, 0) is 58.7 Å². The number of piperazine rings is 1. The number of carbonyl (C=O) groups is 1. The summed E-state index contributed by atoms with van der Waals surface area (Å²) in [5.74, 6) is 1.16. The Morgan fingerprint density at radius 3 is 2.55 bits per heavy atom. The predicted molar refractivity (Wildman–Crippen MR) is 126 cm³/mol. The molecular weight excluding hydrogens is 414 g/mol. The molecule has 5 rings (SSSR count). The first kappa shape index (κ1) is 21.4. The Balaban J connectivity index is 1.47. The normalized spacial score (nSPS) is 16.8. The monoisotopic (exact) mass is 443 g/mol. The van der Waals surface area contributed by atoms with Crippen LogP contribution in [0.1, 0.15) is 66.8 Å². The van der Waals surface area contributed by atoms with Gasteiger partial charge in [-0.25, -0.2) is 14.6 Å². The molecule has 8 nitrogen and oxygen atoms in total. The molecular formula is C25H29N7O. The minimum atomic E-state index is -0.227. The molecule has 33 heavy (non-hydrogen) atoms. The molecule has 0 spiro atoms. The van der Waals surface area contributed by atoms with Gasteiger partial charge in [0.2, 0.25) is 0 Å². The number of amides is 1. The van der Waals surface area contributed by atoms with E-state index in [1.165, 1.54) is 0 Å². The summed E-state index contributed by atoms with van der Waals surface area (Å²) in [7, 11) is 0. The summed E-state index contributed by atoms with van der Waals surface area (Å²) in [6.07, 6.45) is 3.95. The van der Waals surface area contributed by atoms with Crippen molar-refractivity contribution >= 4 is 22.8 Å². The van der Waals surface area contributed by atoms with Crippen LogP contribution in [0, 0.1) is 18.3 Å². The lowest BCUT2D eigenvalue weighted by atomic mass is 10.0. The number of rotatable bonds is 3. The summed E-state index contributed by atoms with van der Waals surface area (Å²) in [6, 6.07) is 7.77. The number of aryl methyl sites for hydroxylation is 1. The lowest BCUT2D eigenvalue weighted by Gasteiger charge is -2.35. The Kier molecular flexibility index (Phi) is 5.08. The van der Waals surface area contributed by atoms with E-state index in [4.69, 9.17) is 10.1 Å².